The molecule has 0 aromatic heterocycles. The van der Waals surface area contributed by atoms with Crippen LogP contribution in [0.1, 0.15) is 81.3 Å². The maximum absolute atomic E-state index is 13.1. The maximum atomic E-state index is 13.1. The first-order chi connectivity index (χ1) is 19.6. The van der Waals surface area contributed by atoms with Crippen LogP contribution < -0.4 is 0 Å². The van der Waals surface area contributed by atoms with Gasteiger partial charge in [0.2, 0.25) is 0 Å². The lowest BCUT2D eigenvalue weighted by atomic mass is 9.53. The Morgan fingerprint density at radius 2 is 1.45 bits per heavy atom. The van der Waals surface area contributed by atoms with E-state index in [0.717, 1.165) is 42.4 Å². The Bertz CT molecular complexity index is 1190. The van der Waals surface area contributed by atoms with Crippen LogP contribution >= 0.6 is 0 Å². The fourth-order valence-electron chi connectivity index (χ4n) is 9.93. The Labute approximate surface area is 239 Å². The van der Waals surface area contributed by atoms with Crippen LogP contribution in [0.3, 0.4) is 0 Å². The van der Waals surface area contributed by atoms with Crippen molar-refractivity contribution >= 4 is 5.97 Å². The van der Waals surface area contributed by atoms with Crippen molar-refractivity contribution in [2.24, 2.45) is 41.4 Å². The van der Waals surface area contributed by atoms with Crippen LogP contribution in [0.25, 0.3) is 11.1 Å². The van der Waals surface area contributed by atoms with E-state index in [0.29, 0.717) is 5.92 Å². The first-order valence-electron chi connectivity index (χ1n) is 15.9. The Morgan fingerprint density at radius 3 is 2.15 bits per heavy atom. The molecule has 9 atom stereocenters. The van der Waals surface area contributed by atoms with E-state index in [1.807, 2.05) is 24.3 Å². The molecule has 7 rings (SSSR count). The predicted octanol–water partition coefficient (Wildman–Crippen LogP) is 7.50. The van der Waals surface area contributed by atoms with Gasteiger partial charge in [-0.05, 0) is 109 Å². The molecule has 212 valence electrons. The first-order valence-corrected chi connectivity index (χ1v) is 15.9. The van der Waals surface area contributed by atoms with Crippen LogP contribution in [-0.4, -0.2) is 30.1 Å². The number of ether oxygens (including phenoxy) is 2. The van der Waals surface area contributed by atoms with Crippen molar-refractivity contribution in [3.63, 3.8) is 0 Å². The number of aliphatic hydroxyl groups excluding tert-OH is 1. The van der Waals surface area contributed by atoms with E-state index < -0.39 is 18.4 Å². The lowest BCUT2D eigenvalue weighted by molar-refractivity contribution is -0.191. The van der Waals surface area contributed by atoms with Crippen molar-refractivity contribution in [3.05, 3.63) is 72.3 Å². The predicted molar refractivity (Wildman–Crippen MR) is 156 cm³/mol. The smallest absolute Gasteiger partial charge is 0.339 e. The zero-order valence-corrected chi connectivity index (χ0v) is 23.6. The van der Waals surface area contributed by atoms with Gasteiger partial charge in [-0.3, -0.25) is 0 Å². The molecule has 0 radical (unpaired) electrons. The average molecular weight is 541 g/mol. The van der Waals surface area contributed by atoms with Gasteiger partial charge in [0.1, 0.15) is 6.61 Å². The van der Waals surface area contributed by atoms with E-state index in [9.17, 15) is 9.90 Å². The van der Waals surface area contributed by atoms with Gasteiger partial charge in [0.15, 0.2) is 12.4 Å². The van der Waals surface area contributed by atoms with Crippen molar-refractivity contribution in [3.8, 4) is 11.1 Å². The largest absolute Gasteiger partial charge is 0.463 e. The van der Waals surface area contributed by atoms with Gasteiger partial charge in [0, 0.05) is 11.8 Å². The van der Waals surface area contributed by atoms with E-state index in [1.165, 1.54) is 79.7 Å². The number of hydrogen-bond donors (Lipinski definition) is 1. The van der Waals surface area contributed by atoms with Gasteiger partial charge in [-0.2, -0.15) is 0 Å². The standard InChI is InChI=1S/C36H44O4/c1-2-34(36(38)39-21-33-29-11-5-3-9-27(29)28-10-4-6-12-30(28)33)40-35(37)24-16-17-26-23(20-24)15-19-31-25-13-7-8-22(25)14-18-32(26)31/h2-6,9-12,22-26,31-35,37H,1,7-8,13-21H2/t22-,23?,24?,25+,26-,31-,32+,34?,35?/m0/s1. The first kappa shape index (κ1) is 26.5. The van der Waals surface area contributed by atoms with Crippen LogP contribution in [0, 0.1) is 41.4 Å². The summed E-state index contributed by atoms with van der Waals surface area (Å²) in [6.45, 7) is 4.08. The molecule has 4 fully saturated rings. The fourth-order valence-corrected chi connectivity index (χ4v) is 9.93. The van der Waals surface area contributed by atoms with Crippen LogP contribution in [0.4, 0.5) is 0 Å². The molecule has 4 heteroatoms. The Hall–Kier alpha value is -2.43. The maximum Gasteiger partial charge on any atom is 0.339 e. The number of benzene rings is 2. The molecule has 0 aliphatic heterocycles. The lowest BCUT2D eigenvalue weighted by Crippen LogP contribution is -2.46. The van der Waals surface area contributed by atoms with Crippen molar-refractivity contribution in [2.45, 2.75) is 82.5 Å². The number of rotatable bonds is 7. The van der Waals surface area contributed by atoms with Gasteiger partial charge in [-0.25, -0.2) is 4.79 Å². The number of fused-ring (bicyclic) bond motifs is 8. The molecular weight excluding hydrogens is 496 g/mol. The van der Waals surface area contributed by atoms with Crippen molar-refractivity contribution in [2.75, 3.05) is 6.61 Å². The van der Waals surface area contributed by atoms with Gasteiger partial charge in [-0.1, -0.05) is 74.0 Å². The Kier molecular flexibility index (Phi) is 7.34. The third kappa shape index (κ3) is 4.65. The lowest BCUT2D eigenvalue weighted by Gasteiger charge is -2.53. The minimum Gasteiger partial charge on any atom is -0.463 e. The highest BCUT2D eigenvalue weighted by molar-refractivity contribution is 5.80. The molecule has 5 aliphatic carbocycles. The monoisotopic (exact) mass is 540 g/mol. The third-order valence-electron chi connectivity index (χ3n) is 11.7. The van der Waals surface area contributed by atoms with Gasteiger partial charge < -0.3 is 14.6 Å². The quantitative estimate of drug-likeness (QED) is 0.224. The van der Waals surface area contributed by atoms with Crippen LogP contribution in [0.5, 0.6) is 0 Å². The van der Waals surface area contributed by atoms with E-state index in [4.69, 9.17) is 9.47 Å². The molecule has 2 aromatic carbocycles. The molecule has 40 heavy (non-hydrogen) atoms. The summed E-state index contributed by atoms with van der Waals surface area (Å²) >= 11 is 0. The van der Waals surface area contributed by atoms with E-state index >= 15 is 0 Å². The summed E-state index contributed by atoms with van der Waals surface area (Å²) in [6, 6.07) is 16.6. The highest BCUT2D eigenvalue weighted by Gasteiger charge is 2.50. The highest BCUT2D eigenvalue weighted by Crippen LogP contribution is 2.58. The number of hydrogen-bond acceptors (Lipinski definition) is 4. The summed E-state index contributed by atoms with van der Waals surface area (Å²) in [7, 11) is 0. The summed E-state index contributed by atoms with van der Waals surface area (Å²) in [6.07, 6.45) is 12.7. The number of esters is 1. The van der Waals surface area contributed by atoms with E-state index in [2.05, 4.69) is 30.8 Å². The van der Waals surface area contributed by atoms with Crippen LogP contribution in [0.15, 0.2) is 61.2 Å². The molecule has 0 spiro atoms. The van der Waals surface area contributed by atoms with Gasteiger partial charge >= 0.3 is 5.97 Å². The number of carbonyl (C=O) groups is 1. The molecule has 4 nitrogen and oxygen atoms in total. The zero-order valence-electron chi connectivity index (χ0n) is 23.6. The molecule has 0 bridgehead atoms. The number of carbonyl (C=O) groups excluding carboxylic acids is 1. The highest BCUT2D eigenvalue weighted by atomic mass is 16.6. The molecule has 5 aliphatic rings. The summed E-state index contributed by atoms with van der Waals surface area (Å²) in [5.41, 5.74) is 4.76. The molecule has 4 unspecified atom stereocenters. The second-order valence-corrected chi connectivity index (χ2v) is 13.4. The average Bonchev–Trinajstić information content (AvgIpc) is 3.61. The molecular formula is C36H44O4. The topological polar surface area (TPSA) is 55.8 Å². The molecule has 0 amide bonds. The van der Waals surface area contributed by atoms with Crippen LogP contribution in [-0.2, 0) is 14.3 Å². The summed E-state index contributed by atoms with van der Waals surface area (Å²) in [5, 5.41) is 11.1. The zero-order chi connectivity index (χ0) is 27.2. The van der Waals surface area contributed by atoms with Gasteiger partial charge in [0.25, 0.3) is 0 Å². The fraction of sp³-hybridized carbons (Fsp3) is 0.583. The molecule has 0 saturated heterocycles. The molecule has 2 aromatic rings. The van der Waals surface area contributed by atoms with E-state index in [1.54, 1.807) is 0 Å². The van der Waals surface area contributed by atoms with Crippen molar-refractivity contribution in [1.29, 1.82) is 0 Å². The Morgan fingerprint density at radius 1 is 0.825 bits per heavy atom. The normalized spacial score (nSPS) is 34.0. The SMILES string of the molecule is C=CC(OC(O)C1CC[C@H]2C(CC[C@H]3[C@@H]4CCC[C@H]4CC[C@@H]32)C1)C(=O)OCC1c2ccccc2-c2ccccc21. The molecule has 1 N–H and O–H groups in total. The third-order valence-corrected chi connectivity index (χ3v) is 11.7. The number of aliphatic hydroxyl groups is 1. The molecule has 4 saturated carbocycles. The Balaban J connectivity index is 0.951. The van der Waals surface area contributed by atoms with Crippen molar-refractivity contribution in [1.82, 2.24) is 0 Å². The summed E-state index contributed by atoms with van der Waals surface area (Å²) in [4.78, 5) is 13.1. The summed E-state index contributed by atoms with van der Waals surface area (Å²) in [5.74, 6) is 4.97. The van der Waals surface area contributed by atoms with Crippen molar-refractivity contribution < 1.29 is 19.4 Å². The minimum absolute atomic E-state index is 0.00329. The molecule has 0 heterocycles. The summed E-state index contributed by atoms with van der Waals surface area (Å²) < 4.78 is 11.8. The second kappa shape index (κ2) is 11.1. The van der Waals surface area contributed by atoms with Gasteiger partial charge in [0.05, 0.1) is 0 Å². The minimum atomic E-state index is -0.965. The van der Waals surface area contributed by atoms with Gasteiger partial charge in [-0.15, -0.1) is 0 Å². The van der Waals surface area contributed by atoms with Crippen LogP contribution in [0.2, 0.25) is 0 Å². The second-order valence-electron chi connectivity index (χ2n) is 13.4. The van der Waals surface area contributed by atoms with E-state index in [-0.39, 0.29) is 18.4 Å².